The number of hydrogen-bond acceptors (Lipinski definition) is 6. The Morgan fingerprint density at radius 2 is 1.97 bits per heavy atom. The molecule has 9 nitrogen and oxygen atoms in total. The SMILES string of the molecule is O=C(NCCN1CCn2cc(OCc3ccc(F)cc3)c(=O)cc2C1=O)c1cnccn1. The van der Waals surface area contributed by atoms with E-state index in [4.69, 9.17) is 4.74 Å². The number of pyridine rings is 1. The molecule has 0 saturated heterocycles. The van der Waals surface area contributed by atoms with Gasteiger partial charge >= 0.3 is 0 Å². The first-order valence-corrected chi connectivity index (χ1v) is 9.96. The molecule has 164 valence electrons. The zero-order valence-electron chi connectivity index (χ0n) is 17.0. The molecule has 2 amide bonds. The van der Waals surface area contributed by atoms with Gasteiger partial charge in [0.15, 0.2) is 5.75 Å². The molecule has 0 fully saturated rings. The third-order valence-corrected chi connectivity index (χ3v) is 4.98. The van der Waals surface area contributed by atoms with E-state index in [0.29, 0.717) is 19.6 Å². The zero-order chi connectivity index (χ0) is 22.5. The van der Waals surface area contributed by atoms with E-state index in [1.165, 1.54) is 43.0 Å². The normalized spacial score (nSPS) is 12.9. The Balaban J connectivity index is 1.36. The van der Waals surface area contributed by atoms with E-state index in [1.807, 2.05) is 0 Å². The van der Waals surface area contributed by atoms with Crippen LogP contribution in [0.25, 0.3) is 0 Å². The lowest BCUT2D eigenvalue weighted by atomic mass is 10.2. The Hall–Kier alpha value is -4.08. The van der Waals surface area contributed by atoms with Crippen LogP contribution in [-0.2, 0) is 13.2 Å². The van der Waals surface area contributed by atoms with Crippen molar-refractivity contribution in [3.8, 4) is 5.75 Å². The predicted octanol–water partition coefficient (Wildman–Crippen LogP) is 1.24. The van der Waals surface area contributed by atoms with E-state index in [0.717, 1.165) is 5.56 Å². The standard InChI is InChI=1S/C22H20FN5O4/c23-16-3-1-15(2-4-16)14-32-20-13-28-10-9-27(22(31)18(28)11-19(20)29)8-7-26-21(30)17-12-24-5-6-25-17/h1-6,11-13H,7-10,14H2,(H,26,30). The summed E-state index contributed by atoms with van der Waals surface area (Å²) < 4.78 is 20.3. The van der Waals surface area contributed by atoms with Gasteiger partial charge in [-0.15, -0.1) is 0 Å². The Morgan fingerprint density at radius 1 is 1.16 bits per heavy atom. The maximum atomic E-state index is 13.0. The number of carbonyl (C=O) groups excluding carboxylic acids is 2. The molecule has 0 atom stereocenters. The molecule has 2 aromatic heterocycles. The highest BCUT2D eigenvalue weighted by Gasteiger charge is 2.25. The minimum Gasteiger partial charge on any atom is -0.483 e. The Bertz CT molecular complexity index is 1180. The quantitative estimate of drug-likeness (QED) is 0.596. The van der Waals surface area contributed by atoms with E-state index >= 15 is 0 Å². The Labute approximate surface area is 182 Å². The van der Waals surface area contributed by atoms with Gasteiger partial charge in [0.25, 0.3) is 11.8 Å². The average molecular weight is 437 g/mol. The lowest BCUT2D eigenvalue weighted by Gasteiger charge is -2.30. The van der Waals surface area contributed by atoms with Crippen molar-refractivity contribution in [1.29, 1.82) is 0 Å². The molecule has 0 bridgehead atoms. The monoisotopic (exact) mass is 437 g/mol. The van der Waals surface area contributed by atoms with Crippen LogP contribution in [0.1, 0.15) is 26.5 Å². The predicted molar refractivity (Wildman–Crippen MR) is 112 cm³/mol. The summed E-state index contributed by atoms with van der Waals surface area (Å²) in [6.45, 7) is 1.55. The molecule has 1 aromatic carbocycles. The first-order chi connectivity index (χ1) is 15.5. The molecule has 3 heterocycles. The molecule has 0 unspecified atom stereocenters. The number of amides is 2. The lowest BCUT2D eigenvalue weighted by molar-refractivity contribution is 0.0696. The molecular weight excluding hydrogens is 417 g/mol. The van der Waals surface area contributed by atoms with Crippen LogP contribution in [0.5, 0.6) is 5.75 Å². The van der Waals surface area contributed by atoms with Gasteiger partial charge in [-0.25, -0.2) is 9.37 Å². The largest absolute Gasteiger partial charge is 0.483 e. The van der Waals surface area contributed by atoms with Crippen molar-refractivity contribution >= 4 is 11.8 Å². The van der Waals surface area contributed by atoms with Crippen molar-refractivity contribution in [3.63, 3.8) is 0 Å². The molecule has 10 heteroatoms. The molecule has 0 saturated carbocycles. The number of ether oxygens (including phenoxy) is 1. The number of halogens is 1. The maximum Gasteiger partial charge on any atom is 0.271 e. The van der Waals surface area contributed by atoms with Crippen LogP contribution in [0.15, 0.2) is 59.9 Å². The van der Waals surface area contributed by atoms with E-state index in [-0.39, 0.29) is 47.9 Å². The fourth-order valence-electron chi connectivity index (χ4n) is 3.29. The highest BCUT2D eigenvalue weighted by atomic mass is 19.1. The minimum atomic E-state index is -0.412. The highest BCUT2D eigenvalue weighted by Crippen LogP contribution is 2.15. The number of nitrogens with one attached hydrogen (secondary N) is 1. The van der Waals surface area contributed by atoms with Gasteiger partial charge in [-0.1, -0.05) is 12.1 Å². The minimum absolute atomic E-state index is 0.112. The van der Waals surface area contributed by atoms with Gasteiger partial charge in [-0.2, -0.15) is 0 Å². The summed E-state index contributed by atoms with van der Waals surface area (Å²) in [5.74, 6) is -0.899. The number of carbonyl (C=O) groups is 2. The number of benzene rings is 1. The second kappa shape index (κ2) is 9.38. The van der Waals surface area contributed by atoms with Crippen LogP contribution < -0.4 is 15.5 Å². The Morgan fingerprint density at radius 3 is 2.72 bits per heavy atom. The van der Waals surface area contributed by atoms with Gasteiger partial charge in [0, 0.05) is 44.6 Å². The van der Waals surface area contributed by atoms with E-state index < -0.39 is 5.43 Å². The van der Waals surface area contributed by atoms with Gasteiger partial charge < -0.3 is 19.5 Å². The molecule has 0 aliphatic carbocycles. The van der Waals surface area contributed by atoms with E-state index in [9.17, 15) is 18.8 Å². The van der Waals surface area contributed by atoms with Crippen molar-refractivity contribution in [2.45, 2.75) is 13.2 Å². The summed E-state index contributed by atoms with van der Waals surface area (Å²) >= 11 is 0. The summed E-state index contributed by atoms with van der Waals surface area (Å²) in [7, 11) is 0. The summed E-state index contributed by atoms with van der Waals surface area (Å²) in [6.07, 6.45) is 5.78. The summed E-state index contributed by atoms with van der Waals surface area (Å²) in [5, 5.41) is 2.70. The number of hydrogen-bond donors (Lipinski definition) is 1. The third-order valence-electron chi connectivity index (χ3n) is 4.98. The van der Waals surface area contributed by atoms with Gasteiger partial charge in [0.2, 0.25) is 5.43 Å². The summed E-state index contributed by atoms with van der Waals surface area (Å²) in [5.41, 5.74) is 0.766. The second-order valence-electron chi connectivity index (χ2n) is 7.13. The van der Waals surface area contributed by atoms with Crippen molar-refractivity contribution < 1.29 is 18.7 Å². The number of nitrogens with zero attached hydrogens (tertiary/aromatic N) is 4. The van der Waals surface area contributed by atoms with Crippen LogP contribution in [0.4, 0.5) is 4.39 Å². The molecule has 0 spiro atoms. The molecule has 3 aromatic rings. The fourth-order valence-corrected chi connectivity index (χ4v) is 3.29. The maximum absolute atomic E-state index is 13.0. The molecule has 4 rings (SSSR count). The van der Waals surface area contributed by atoms with Gasteiger partial charge in [0.1, 0.15) is 23.8 Å². The van der Waals surface area contributed by atoms with Gasteiger partial charge in [-0.3, -0.25) is 19.4 Å². The van der Waals surface area contributed by atoms with Gasteiger partial charge in [-0.05, 0) is 17.7 Å². The molecule has 1 N–H and O–H groups in total. The van der Waals surface area contributed by atoms with E-state index in [1.54, 1.807) is 21.6 Å². The Kier molecular flexibility index (Phi) is 6.20. The first kappa shape index (κ1) is 21.2. The smallest absolute Gasteiger partial charge is 0.271 e. The van der Waals surface area contributed by atoms with E-state index in [2.05, 4.69) is 15.3 Å². The fraction of sp³-hybridized carbons (Fsp3) is 0.227. The molecule has 0 radical (unpaired) electrons. The van der Waals surface area contributed by atoms with Gasteiger partial charge in [0.05, 0.1) is 12.4 Å². The van der Waals surface area contributed by atoms with Crippen LogP contribution >= 0.6 is 0 Å². The third kappa shape index (κ3) is 4.80. The molecule has 1 aliphatic rings. The van der Waals surface area contributed by atoms with Crippen molar-refractivity contribution in [2.24, 2.45) is 0 Å². The number of aromatic nitrogens is 3. The van der Waals surface area contributed by atoms with Crippen LogP contribution in [0.3, 0.4) is 0 Å². The van der Waals surface area contributed by atoms with Crippen molar-refractivity contribution in [1.82, 2.24) is 24.8 Å². The summed E-state index contributed by atoms with van der Waals surface area (Å²) in [6, 6.07) is 7.06. The van der Waals surface area contributed by atoms with Crippen LogP contribution in [-0.4, -0.2) is 50.9 Å². The highest BCUT2D eigenvalue weighted by molar-refractivity contribution is 5.93. The number of fused-ring (bicyclic) bond motifs is 1. The molecule has 1 aliphatic heterocycles. The average Bonchev–Trinajstić information content (AvgIpc) is 2.81. The van der Waals surface area contributed by atoms with Crippen LogP contribution in [0.2, 0.25) is 0 Å². The van der Waals surface area contributed by atoms with Crippen molar-refractivity contribution in [2.75, 3.05) is 19.6 Å². The number of rotatable bonds is 7. The zero-order valence-corrected chi connectivity index (χ0v) is 17.0. The second-order valence-corrected chi connectivity index (χ2v) is 7.13. The summed E-state index contributed by atoms with van der Waals surface area (Å²) in [4.78, 5) is 46.6. The molecular formula is C22H20FN5O4. The topological polar surface area (TPSA) is 106 Å². The lowest BCUT2D eigenvalue weighted by Crippen LogP contribution is -2.45. The first-order valence-electron chi connectivity index (χ1n) is 9.96. The van der Waals surface area contributed by atoms with Crippen molar-refractivity contribution in [3.05, 3.63) is 88.1 Å². The molecule has 32 heavy (non-hydrogen) atoms. The van der Waals surface area contributed by atoms with Crippen LogP contribution in [0, 0.1) is 5.82 Å².